The second-order valence-corrected chi connectivity index (χ2v) is 6.19. The first-order valence-corrected chi connectivity index (χ1v) is 6.99. The zero-order valence-corrected chi connectivity index (χ0v) is 12.4. The van der Waals surface area contributed by atoms with Crippen LogP contribution in [0, 0.1) is 0 Å². The lowest BCUT2D eigenvalue weighted by atomic mass is 9.85. The Morgan fingerprint density at radius 2 is 1.79 bits per heavy atom. The fraction of sp³-hybridized carbons (Fsp3) is 0.188. The number of nitrogens with one attached hydrogen (secondary N) is 1. The summed E-state index contributed by atoms with van der Waals surface area (Å²) in [5.41, 5.74) is 4.54. The molecule has 0 fully saturated rings. The van der Waals surface area contributed by atoms with E-state index in [9.17, 15) is 0 Å². The van der Waals surface area contributed by atoms with Crippen molar-refractivity contribution in [3.8, 4) is 11.1 Å². The molecule has 0 unspecified atom stereocenters. The molecule has 3 rings (SSSR count). The Hall–Kier alpha value is -1.38. The molecule has 0 radical (unpaired) electrons. The third-order valence-corrected chi connectivity index (χ3v) is 4.51. The van der Waals surface area contributed by atoms with Gasteiger partial charge < -0.3 is 5.32 Å². The number of fused-ring (bicyclic) bond motifs is 1. The van der Waals surface area contributed by atoms with Crippen LogP contribution in [0.1, 0.15) is 19.4 Å². The van der Waals surface area contributed by atoms with Crippen LogP contribution < -0.4 is 5.32 Å². The molecule has 19 heavy (non-hydrogen) atoms. The average Bonchev–Trinajstić information content (AvgIpc) is 2.60. The summed E-state index contributed by atoms with van der Waals surface area (Å²) in [6, 6.07) is 14.3. The van der Waals surface area contributed by atoms with Crippen LogP contribution in [0.5, 0.6) is 0 Å². The van der Waals surface area contributed by atoms with Gasteiger partial charge in [0, 0.05) is 16.1 Å². The normalized spacial score (nSPS) is 16.1. The lowest BCUT2D eigenvalue weighted by Crippen LogP contribution is -2.25. The molecular weight excluding hydrogens is 274 g/mol. The topological polar surface area (TPSA) is 12.0 Å². The molecule has 3 heteroatoms. The summed E-state index contributed by atoms with van der Waals surface area (Å²) in [5.74, 6) is 0. The zero-order valence-electron chi connectivity index (χ0n) is 10.8. The first kappa shape index (κ1) is 12.6. The van der Waals surface area contributed by atoms with Gasteiger partial charge in [-0.3, -0.25) is 0 Å². The van der Waals surface area contributed by atoms with E-state index in [-0.39, 0.29) is 5.41 Å². The van der Waals surface area contributed by atoms with E-state index < -0.39 is 0 Å². The van der Waals surface area contributed by atoms with E-state index in [2.05, 4.69) is 43.4 Å². The first-order chi connectivity index (χ1) is 8.98. The van der Waals surface area contributed by atoms with Crippen LogP contribution in [0.15, 0.2) is 42.5 Å². The zero-order chi connectivity index (χ0) is 13.6. The van der Waals surface area contributed by atoms with Gasteiger partial charge in [-0.1, -0.05) is 42.0 Å². The largest absolute Gasteiger partial charge is 0.349 e. The Labute approximate surface area is 123 Å². The Kier molecular flexibility index (Phi) is 2.88. The van der Waals surface area contributed by atoms with Crippen molar-refractivity contribution < 1.29 is 0 Å². The number of anilines is 1. The minimum Gasteiger partial charge on any atom is -0.349 e. The van der Waals surface area contributed by atoms with Crippen molar-refractivity contribution in [2.24, 2.45) is 0 Å². The monoisotopic (exact) mass is 287 g/mol. The van der Waals surface area contributed by atoms with Crippen molar-refractivity contribution in [1.29, 1.82) is 0 Å². The Balaban J connectivity index is 2.13. The molecule has 96 valence electrons. The fourth-order valence-corrected chi connectivity index (χ4v) is 2.83. The summed E-state index contributed by atoms with van der Waals surface area (Å²) in [4.78, 5) is 0.880. The highest BCUT2D eigenvalue weighted by atomic mass is 35.5. The lowest BCUT2D eigenvalue weighted by Gasteiger charge is -2.18. The molecule has 2 aromatic carbocycles. The maximum absolute atomic E-state index is 6.06. The molecule has 0 amide bonds. The van der Waals surface area contributed by atoms with Gasteiger partial charge in [-0.25, -0.2) is 0 Å². The molecule has 0 atom stereocenters. The minimum atomic E-state index is -0.112. The molecule has 1 N–H and O–H groups in total. The summed E-state index contributed by atoms with van der Waals surface area (Å²) >= 11 is 11.5. The van der Waals surface area contributed by atoms with Gasteiger partial charge in [-0.15, -0.1) is 0 Å². The predicted molar refractivity (Wildman–Crippen MR) is 86.1 cm³/mol. The quantitative estimate of drug-likeness (QED) is 0.738. The molecule has 0 aromatic heterocycles. The van der Waals surface area contributed by atoms with Gasteiger partial charge in [0.1, 0.15) is 0 Å². The molecule has 1 aliphatic rings. The second-order valence-electron chi connectivity index (χ2n) is 5.35. The SMILES string of the molecule is CC1(C)C(=S)Nc2ccc(-c3cccc(Cl)c3)cc21. The number of hydrogen-bond donors (Lipinski definition) is 1. The Morgan fingerprint density at radius 1 is 1.05 bits per heavy atom. The maximum Gasteiger partial charge on any atom is 0.0899 e. The van der Waals surface area contributed by atoms with Crippen LogP contribution in [0.4, 0.5) is 5.69 Å². The highest BCUT2D eigenvalue weighted by Crippen LogP contribution is 2.40. The van der Waals surface area contributed by atoms with Gasteiger partial charge in [0.25, 0.3) is 0 Å². The van der Waals surface area contributed by atoms with Crippen molar-refractivity contribution >= 4 is 34.5 Å². The van der Waals surface area contributed by atoms with Crippen LogP contribution in [0.2, 0.25) is 5.02 Å². The average molecular weight is 288 g/mol. The standard InChI is InChI=1S/C16H14ClNS/c1-16(2)13-9-11(6-7-14(13)18-15(16)19)10-4-3-5-12(17)8-10/h3-9H,1-2H3,(H,18,19). The van der Waals surface area contributed by atoms with Crippen LogP contribution in [-0.2, 0) is 5.41 Å². The molecule has 0 bridgehead atoms. The maximum atomic E-state index is 6.06. The summed E-state index contributed by atoms with van der Waals surface area (Å²) in [6.07, 6.45) is 0. The third-order valence-electron chi connectivity index (χ3n) is 3.67. The van der Waals surface area contributed by atoms with Crippen molar-refractivity contribution in [3.05, 3.63) is 53.1 Å². The number of thiocarbonyl (C=S) groups is 1. The minimum absolute atomic E-state index is 0.112. The number of hydrogen-bond acceptors (Lipinski definition) is 1. The molecule has 0 aliphatic carbocycles. The number of rotatable bonds is 1. The van der Waals surface area contributed by atoms with Crippen molar-refractivity contribution in [2.75, 3.05) is 5.32 Å². The molecule has 1 heterocycles. The molecular formula is C16H14ClNS. The van der Waals surface area contributed by atoms with Crippen LogP contribution in [0.3, 0.4) is 0 Å². The van der Waals surface area contributed by atoms with Gasteiger partial charge >= 0.3 is 0 Å². The number of benzene rings is 2. The van der Waals surface area contributed by atoms with E-state index in [1.165, 1.54) is 11.1 Å². The van der Waals surface area contributed by atoms with E-state index >= 15 is 0 Å². The molecule has 0 saturated heterocycles. The summed E-state index contributed by atoms with van der Waals surface area (Å²) in [5, 5.41) is 4.04. The fourth-order valence-electron chi connectivity index (χ4n) is 2.42. The molecule has 0 saturated carbocycles. The molecule has 0 spiro atoms. The molecule has 1 nitrogen and oxygen atoms in total. The summed E-state index contributed by atoms with van der Waals surface area (Å²) in [7, 11) is 0. The Bertz CT molecular complexity index is 676. The van der Waals surface area contributed by atoms with E-state index in [0.717, 1.165) is 21.3 Å². The lowest BCUT2D eigenvalue weighted by molar-refractivity contribution is 0.747. The van der Waals surface area contributed by atoms with Gasteiger partial charge in [0.2, 0.25) is 0 Å². The van der Waals surface area contributed by atoms with Crippen LogP contribution in [0.25, 0.3) is 11.1 Å². The van der Waals surface area contributed by atoms with Crippen molar-refractivity contribution in [1.82, 2.24) is 0 Å². The van der Waals surface area contributed by atoms with E-state index in [0.29, 0.717) is 0 Å². The Morgan fingerprint density at radius 3 is 2.53 bits per heavy atom. The van der Waals surface area contributed by atoms with Crippen LogP contribution in [-0.4, -0.2) is 4.99 Å². The molecule has 2 aromatic rings. The van der Waals surface area contributed by atoms with Gasteiger partial charge in [0.05, 0.1) is 4.99 Å². The second kappa shape index (κ2) is 4.32. The summed E-state index contributed by atoms with van der Waals surface area (Å²) < 4.78 is 0. The highest BCUT2D eigenvalue weighted by molar-refractivity contribution is 7.80. The van der Waals surface area contributed by atoms with Crippen molar-refractivity contribution in [3.63, 3.8) is 0 Å². The van der Waals surface area contributed by atoms with Crippen LogP contribution >= 0.6 is 23.8 Å². The van der Waals surface area contributed by atoms with Crippen molar-refractivity contribution in [2.45, 2.75) is 19.3 Å². The van der Waals surface area contributed by atoms with E-state index in [4.69, 9.17) is 23.8 Å². The van der Waals surface area contributed by atoms with Gasteiger partial charge in [0.15, 0.2) is 0 Å². The number of halogens is 1. The predicted octanol–water partition coefficient (Wildman–Crippen LogP) is 5.04. The van der Waals surface area contributed by atoms with Gasteiger partial charge in [-0.2, -0.15) is 0 Å². The van der Waals surface area contributed by atoms with E-state index in [1.54, 1.807) is 0 Å². The third kappa shape index (κ3) is 2.05. The summed E-state index contributed by atoms with van der Waals surface area (Å²) in [6.45, 7) is 4.30. The van der Waals surface area contributed by atoms with Gasteiger partial charge in [-0.05, 0) is 54.8 Å². The highest BCUT2D eigenvalue weighted by Gasteiger charge is 2.34. The molecule has 1 aliphatic heterocycles. The van der Waals surface area contributed by atoms with E-state index in [1.807, 2.05) is 18.2 Å². The smallest absolute Gasteiger partial charge is 0.0899 e. The first-order valence-electron chi connectivity index (χ1n) is 6.20.